The molecule has 0 unspecified atom stereocenters. The van der Waals surface area contributed by atoms with Crippen molar-refractivity contribution in [3.63, 3.8) is 0 Å². The Kier molecular flexibility index (Phi) is 5.60. The molecule has 1 fully saturated rings. The zero-order chi connectivity index (χ0) is 21.1. The number of piperidine rings is 1. The van der Waals surface area contributed by atoms with Crippen LogP contribution in [0.3, 0.4) is 0 Å². The van der Waals surface area contributed by atoms with Crippen molar-refractivity contribution < 1.29 is 17.6 Å². The fourth-order valence-electron chi connectivity index (χ4n) is 3.36. The molecule has 8 nitrogen and oxygen atoms in total. The summed E-state index contributed by atoms with van der Waals surface area (Å²) in [5.74, 6) is -1.11. The Morgan fingerprint density at radius 2 is 1.87 bits per heavy atom. The Labute approximate surface area is 173 Å². The molecule has 0 bridgehead atoms. The van der Waals surface area contributed by atoms with Crippen LogP contribution in [-0.2, 0) is 10.0 Å². The number of hydrogen-bond donors (Lipinski definition) is 1. The number of benzene rings is 2. The highest BCUT2D eigenvalue weighted by Crippen LogP contribution is 2.22. The van der Waals surface area contributed by atoms with Crippen molar-refractivity contribution in [1.29, 1.82) is 0 Å². The van der Waals surface area contributed by atoms with Crippen molar-refractivity contribution in [2.75, 3.05) is 18.4 Å². The van der Waals surface area contributed by atoms with Crippen LogP contribution in [0.1, 0.15) is 29.6 Å². The van der Waals surface area contributed by atoms with Crippen LogP contribution in [0.15, 0.2) is 60.0 Å². The molecule has 4 rings (SSSR count). The van der Waals surface area contributed by atoms with E-state index in [1.165, 1.54) is 64.1 Å². The molecule has 30 heavy (non-hydrogen) atoms. The van der Waals surface area contributed by atoms with Gasteiger partial charge in [0.05, 0.1) is 4.90 Å². The van der Waals surface area contributed by atoms with Crippen LogP contribution < -0.4 is 5.32 Å². The van der Waals surface area contributed by atoms with Crippen molar-refractivity contribution in [1.82, 2.24) is 19.1 Å². The van der Waals surface area contributed by atoms with E-state index < -0.39 is 21.7 Å². The summed E-state index contributed by atoms with van der Waals surface area (Å²) >= 11 is 0. The molecular formula is C20H20FN5O3S. The first-order valence-electron chi connectivity index (χ1n) is 9.51. The number of anilines is 1. The highest BCUT2D eigenvalue weighted by Gasteiger charge is 2.26. The Hall–Kier alpha value is -3.11. The SMILES string of the molecule is O=C(Nc1ccc(-n2cncn2)c(F)c1)c1cccc(S(=O)(=O)N2CCCCC2)c1. The number of aromatic nitrogens is 3. The molecule has 10 heteroatoms. The number of carbonyl (C=O) groups is 1. The minimum Gasteiger partial charge on any atom is -0.322 e. The van der Waals surface area contributed by atoms with Crippen molar-refractivity contribution >= 4 is 21.6 Å². The molecule has 1 aliphatic rings. The smallest absolute Gasteiger partial charge is 0.255 e. The third-order valence-corrected chi connectivity index (χ3v) is 6.81. The van der Waals surface area contributed by atoms with Gasteiger partial charge in [-0.3, -0.25) is 4.79 Å². The van der Waals surface area contributed by atoms with Crippen molar-refractivity contribution in [3.05, 3.63) is 66.5 Å². The van der Waals surface area contributed by atoms with Gasteiger partial charge in [-0.15, -0.1) is 0 Å². The molecule has 3 aromatic rings. The summed E-state index contributed by atoms with van der Waals surface area (Å²) in [6.45, 7) is 0.965. The van der Waals surface area contributed by atoms with Gasteiger partial charge in [0.1, 0.15) is 18.3 Å². The van der Waals surface area contributed by atoms with E-state index in [0.29, 0.717) is 13.1 Å². The lowest BCUT2D eigenvalue weighted by atomic mass is 10.2. The molecule has 0 saturated carbocycles. The number of nitrogens with one attached hydrogen (secondary N) is 1. The zero-order valence-corrected chi connectivity index (χ0v) is 16.8. The maximum Gasteiger partial charge on any atom is 0.255 e. The number of sulfonamides is 1. The minimum atomic E-state index is -3.65. The molecule has 1 saturated heterocycles. The summed E-state index contributed by atoms with van der Waals surface area (Å²) in [5, 5.41) is 6.47. The number of rotatable bonds is 5. The topological polar surface area (TPSA) is 97.2 Å². The molecule has 156 valence electrons. The molecule has 1 aliphatic heterocycles. The maximum atomic E-state index is 14.4. The fourth-order valence-corrected chi connectivity index (χ4v) is 4.92. The average molecular weight is 429 g/mol. The molecule has 2 aromatic carbocycles. The van der Waals surface area contributed by atoms with Gasteiger partial charge in [0, 0.05) is 24.3 Å². The van der Waals surface area contributed by atoms with Gasteiger partial charge in [0.15, 0.2) is 5.82 Å². The Balaban J connectivity index is 1.53. The summed E-state index contributed by atoms with van der Waals surface area (Å²) in [6, 6.07) is 10.0. The van der Waals surface area contributed by atoms with E-state index in [1.54, 1.807) is 0 Å². The number of amides is 1. The summed E-state index contributed by atoms with van der Waals surface area (Å²) < 4.78 is 42.8. The van der Waals surface area contributed by atoms with Gasteiger partial charge >= 0.3 is 0 Å². The maximum absolute atomic E-state index is 14.4. The average Bonchev–Trinajstić information content (AvgIpc) is 3.29. The standard InChI is InChI=1S/C20H20FN5O3S/c21-18-12-16(7-8-19(18)26-14-22-13-23-26)24-20(27)15-5-4-6-17(11-15)30(28,29)25-9-2-1-3-10-25/h4-8,11-14H,1-3,9-10H2,(H,24,27). The predicted octanol–water partition coefficient (Wildman–Crippen LogP) is 2.83. The molecule has 1 aromatic heterocycles. The third-order valence-electron chi connectivity index (χ3n) is 4.92. The van der Waals surface area contributed by atoms with Crippen molar-refractivity contribution in [3.8, 4) is 5.69 Å². The Morgan fingerprint density at radius 1 is 1.07 bits per heavy atom. The predicted molar refractivity (Wildman–Crippen MR) is 108 cm³/mol. The lowest BCUT2D eigenvalue weighted by Gasteiger charge is -2.26. The van der Waals surface area contributed by atoms with Gasteiger partial charge in [-0.05, 0) is 49.2 Å². The molecule has 0 radical (unpaired) electrons. The molecule has 1 N–H and O–H groups in total. The summed E-state index contributed by atoms with van der Waals surface area (Å²) in [7, 11) is -3.65. The van der Waals surface area contributed by atoms with E-state index in [1.807, 2.05) is 0 Å². The van der Waals surface area contributed by atoms with Gasteiger partial charge in [0.2, 0.25) is 10.0 Å². The minimum absolute atomic E-state index is 0.0739. The van der Waals surface area contributed by atoms with Crippen LogP contribution in [0.25, 0.3) is 5.69 Å². The van der Waals surface area contributed by atoms with Crippen LogP contribution in [-0.4, -0.2) is 46.5 Å². The number of nitrogens with zero attached hydrogens (tertiary/aromatic N) is 4. The summed E-state index contributed by atoms with van der Waals surface area (Å²) in [4.78, 5) is 16.5. The van der Waals surface area contributed by atoms with E-state index in [9.17, 15) is 17.6 Å². The van der Waals surface area contributed by atoms with E-state index >= 15 is 0 Å². The van der Waals surface area contributed by atoms with Crippen molar-refractivity contribution in [2.45, 2.75) is 24.2 Å². The molecular weight excluding hydrogens is 409 g/mol. The van der Waals surface area contributed by atoms with Gasteiger partial charge in [-0.1, -0.05) is 12.5 Å². The molecule has 0 atom stereocenters. The number of halogens is 1. The van der Waals surface area contributed by atoms with Gasteiger partial charge in [0.25, 0.3) is 5.91 Å². The molecule has 0 spiro atoms. The second-order valence-electron chi connectivity index (χ2n) is 6.95. The van der Waals surface area contributed by atoms with Crippen molar-refractivity contribution in [2.24, 2.45) is 0 Å². The second-order valence-corrected chi connectivity index (χ2v) is 8.89. The van der Waals surface area contributed by atoms with Gasteiger partial charge in [-0.25, -0.2) is 22.5 Å². The zero-order valence-electron chi connectivity index (χ0n) is 16.0. The van der Waals surface area contributed by atoms with Crippen LogP contribution in [0.2, 0.25) is 0 Å². The van der Waals surface area contributed by atoms with Gasteiger partial charge < -0.3 is 5.32 Å². The van der Waals surface area contributed by atoms with Crippen LogP contribution in [0.5, 0.6) is 0 Å². The Morgan fingerprint density at radius 3 is 2.57 bits per heavy atom. The first kappa shape index (κ1) is 20.2. The van der Waals surface area contributed by atoms with E-state index in [4.69, 9.17) is 0 Å². The lowest BCUT2D eigenvalue weighted by Crippen LogP contribution is -2.35. The highest BCUT2D eigenvalue weighted by atomic mass is 32.2. The summed E-state index contributed by atoms with van der Waals surface area (Å²) in [6.07, 6.45) is 5.33. The third kappa shape index (κ3) is 4.10. The largest absolute Gasteiger partial charge is 0.322 e. The first-order valence-corrected chi connectivity index (χ1v) is 11.0. The number of carbonyl (C=O) groups excluding carboxylic acids is 1. The monoisotopic (exact) mass is 429 g/mol. The molecule has 2 heterocycles. The second kappa shape index (κ2) is 8.33. The lowest BCUT2D eigenvalue weighted by molar-refractivity contribution is 0.102. The first-order chi connectivity index (χ1) is 14.4. The van der Waals surface area contributed by atoms with E-state index in [2.05, 4.69) is 15.4 Å². The quantitative estimate of drug-likeness (QED) is 0.673. The van der Waals surface area contributed by atoms with E-state index in [0.717, 1.165) is 19.3 Å². The Bertz CT molecular complexity index is 1160. The highest BCUT2D eigenvalue weighted by molar-refractivity contribution is 7.89. The number of hydrogen-bond acceptors (Lipinski definition) is 5. The summed E-state index contributed by atoms with van der Waals surface area (Å²) in [5.41, 5.74) is 0.611. The van der Waals surface area contributed by atoms with Gasteiger partial charge in [-0.2, -0.15) is 9.40 Å². The molecule has 1 amide bonds. The fraction of sp³-hybridized carbons (Fsp3) is 0.250. The normalized spacial score (nSPS) is 15.1. The van der Waals surface area contributed by atoms with E-state index in [-0.39, 0.29) is 21.8 Å². The van der Waals surface area contributed by atoms with Crippen LogP contribution in [0, 0.1) is 5.82 Å². The van der Waals surface area contributed by atoms with Crippen LogP contribution in [0.4, 0.5) is 10.1 Å². The van der Waals surface area contributed by atoms with Crippen LogP contribution >= 0.6 is 0 Å². The molecule has 0 aliphatic carbocycles.